The Kier molecular flexibility index (Phi) is 9.90. The molecule has 0 atom stereocenters. The molecular formula is C40H36F4N4O. The van der Waals surface area contributed by atoms with Gasteiger partial charge in [-0.05, 0) is 59.2 Å². The summed E-state index contributed by atoms with van der Waals surface area (Å²) in [5.41, 5.74) is 2.09. The number of carbonyl (C=O) groups is 1. The molecule has 5 aromatic rings. The Morgan fingerprint density at radius 1 is 0.816 bits per heavy atom. The van der Waals surface area contributed by atoms with Crippen LogP contribution < -0.4 is 10.2 Å². The molecule has 49 heavy (non-hydrogen) atoms. The van der Waals surface area contributed by atoms with Gasteiger partial charge in [-0.15, -0.1) is 0 Å². The van der Waals surface area contributed by atoms with Crippen molar-refractivity contribution in [3.63, 3.8) is 0 Å². The van der Waals surface area contributed by atoms with Gasteiger partial charge < -0.3 is 10.7 Å². The number of alkyl halides is 3. The Bertz CT molecular complexity index is 1780. The fourth-order valence-electron chi connectivity index (χ4n) is 6.78. The molecule has 1 amide bonds. The average molecular weight is 665 g/mol. The first-order valence-corrected chi connectivity index (χ1v) is 16.3. The van der Waals surface area contributed by atoms with Crippen molar-refractivity contribution in [2.75, 3.05) is 10.2 Å². The molecule has 5 nitrogen and oxygen atoms in total. The minimum Gasteiger partial charge on any atom is -0.367 e. The molecule has 1 aliphatic rings. The molecule has 250 valence electrons. The van der Waals surface area contributed by atoms with Crippen molar-refractivity contribution in [2.24, 2.45) is 0 Å². The normalized spacial score (nSPS) is 13.9. The third kappa shape index (κ3) is 7.11. The third-order valence-electron chi connectivity index (χ3n) is 9.24. The highest BCUT2D eigenvalue weighted by Crippen LogP contribution is 2.42. The molecule has 1 aliphatic carbocycles. The van der Waals surface area contributed by atoms with E-state index >= 15 is 4.39 Å². The van der Waals surface area contributed by atoms with E-state index in [0.29, 0.717) is 10.8 Å². The number of anilines is 2. The first-order chi connectivity index (χ1) is 23.7. The molecule has 1 aromatic heterocycles. The van der Waals surface area contributed by atoms with E-state index in [-0.39, 0.29) is 16.9 Å². The number of amides is 1. The highest BCUT2D eigenvalue weighted by molar-refractivity contribution is 5.99. The summed E-state index contributed by atoms with van der Waals surface area (Å²) in [5, 5.41) is 11.7. The maximum absolute atomic E-state index is 15.9. The van der Waals surface area contributed by atoms with Crippen LogP contribution in [0.1, 0.15) is 71.5 Å². The van der Waals surface area contributed by atoms with Crippen molar-refractivity contribution in [2.45, 2.75) is 56.3 Å². The summed E-state index contributed by atoms with van der Waals surface area (Å²) in [6.07, 6.45) is 2.75. The minimum atomic E-state index is -5.29. The van der Waals surface area contributed by atoms with Crippen LogP contribution in [0.15, 0.2) is 121 Å². The minimum absolute atomic E-state index is 0.0859. The zero-order chi connectivity index (χ0) is 34.4. The van der Waals surface area contributed by atoms with Crippen LogP contribution in [0, 0.1) is 11.2 Å². The van der Waals surface area contributed by atoms with Crippen LogP contribution in [0.25, 0.3) is 0 Å². The Hall–Kier alpha value is -5.31. The molecule has 0 unspecified atom stereocenters. The second-order valence-electron chi connectivity index (χ2n) is 12.3. The van der Waals surface area contributed by atoms with Gasteiger partial charge in [0.2, 0.25) is 0 Å². The monoisotopic (exact) mass is 664 g/mol. The molecule has 0 spiro atoms. The molecule has 1 fully saturated rings. The Labute approximate surface area is 283 Å². The number of hydrogen-bond donors (Lipinski definition) is 2. The second-order valence-corrected chi connectivity index (χ2v) is 12.3. The number of aromatic nitrogens is 1. The zero-order valence-corrected chi connectivity index (χ0v) is 26.8. The van der Waals surface area contributed by atoms with Crippen molar-refractivity contribution in [3.05, 3.63) is 161 Å². The van der Waals surface area contributed by atoms with Crippen molar-refractivity contribution in [3.8, 4) is 0 Å². The first kappa shape index (κ1) is 33.6. The van der Waals surface area contributed by atoms with Crippen molar-refractivity contribution < 1.29 is 22.4 Å². The fraction of sp³-hybridized carbons (Fsp3) is 0.225. The largest absolute Gasteiger partial charge is 0.471 e. The second kappa shape index (κ2) is 14.4. The number of benzene rings is 4. The molecule has 4 aromatic carbocycles. The third-order valence-corrected chi connectivity index (χ3v) is 9.24. The van der Waals surface area contributed by atoms with E-state index in [1.165, 1.54) is 12.5 Å². The average Bonchev–Trinajstić information content (AvgIpc) is 3.14. The Morgan fingerprint density at radius 3 is 1.84 bits per heavy atom. The van der Waals surface area contributed by atoms with Crippen molar-refractivity contribution >= 4 is 23.5 Å². The molecule has 9 heteroatoms. The number of nitrogens with zero attached hydrogens (tertiary/aromatic N) is 2. The topological polar surface area (TPSA) is 69.1 Å². The maximum atomic E-state index is 15.9. The summed E-state index contributed by atoms with van der Waals surface area (Å²) in [5.74, 6) is -2.97. The summed E-state index contributed by atoms with van der Waals surface area (Å²) >= 11 is 0. The van der Waals surface area contributed by atoms with Gasteiger partial charge in [-0.3, -0.25) is 14.7 Å². The predicted octanol–water partition coefficient (Wildman–Crippen LogP) is 9.77. The van der Waals surface area contributed by atoms with E-state index < -0.39 is 35.7 Å². The van der Waals surface area contributed by atoms with Gasteiger partial charge in [0.15, 0.2) is 0 Å². The van der Waals surface area contributed by atoms with Gasteiger partial charge in [0, 0.05) is 23.7 Å². The number of hydrogen-bond acceptors (Lipinski definition) is 4. The molecule has 0 bridgehead atoms. The highest BCUT2D eigenvalue weighted by Gasteiger charge is 2.44. The standard InChI is InChI=1S/C40H36F4N4O/c41-35-23-30(25-45)36(47-39(31-15-7-2-8-16-31,32-17-9-3-10-18-32)33-19-11-4-12-20-33)24-37(35)48(38(49)40(42,43)44)27-34-22-21-29(26-46-34)28-13-5-1-6-14-28/h2-4,7-12,15-26,28,45,47H,1,5-6,13-14,27H2. The molecule has 2 N–H and O–H groups in total. The van der Waals surface area contributed by atoms with E-state index in [2.05, 4.69) is 10.3 Å². The van der Waals surface area contributed by atoms with E-state index in [1.807, 2.05) is 97.1 Å². The van der Waals surface area contributed by atoms with Crippen molar-refractivity contribution in [1.82, 2.24) is 4.98 Å². The first-order valence-electron chi connectivity index (χ1n) is 16.3. The van der Waals surface area contributed by atoms with E-state index in [9.17, 15) is 18.0 Å². The molecule has 1 heterocycles. The predicted molar refractivity (Wildman–Crippen MR) is 184 cm³/mol. The molecule has 6 rings (SSSR count). The lowest BCUT2D eigenvalue weighted by molar-refractivity contribution is -0.170. The van der Waals surface area contributed by atoms with Gasteiger partial charge in [0.05, 0.1) is 17.9 Å². The van der Waals surface area contributed by atoms with Crippen LogP contribution in [0.3, 0.4) is 0 Å². The summed E-state index contributed by atoms with van der Waals surface area (Å²) in [7, 11) is 0. The number of pyridine rings is 1. The van der Waals surface area contributed by atoms with Gasteiger partial charge in [0.1, 0.15) is 11.4 Å². The van der Waals surface area contributed by atoms with E-state index in [1.54, 1.807) is 12.3 Å². The summed E-state index contributed by atoms with van der Waals surface area (Å²) in [6, 6.07) is 34.0. The molecule has 0 aliphatic heterocycles. The van der Waals surface area contributed by atoms with Crippen LogP contribution in [0.4, 0.5) is 28.9 Å². The number of carbonyl (C=O) groups excluding carboxylic acids is 1. The van der Waals surface area contributed by atoms with E-state index in [0.717, 1.165) is 60.2 Å². The highest BCUT2D eigenvalue weighted by atomic mass is 19.4. The van der Waals surface area contributed by atoms with Gasteiger partial charge in [-0.2, -0.15) is 13.2 Å². The van der Waals surface area contributed by atoms with Crippen molar-refractivity contribution in [1.29, 1.82) is 5.41 Å². The van der Waals surface area contributed by atoms with Gasteiger partial charge in [-0.25, -0.2) is 4.39 Å². The smallest absolute Gasteiger partial charge is 0.367 e. The molecule has 0 saturated heterocycles. The lowest BCUT2D eigenvalue weighted by Gasteiger charge is -2.38. The van der Waals surface area contributed by atoms with E-state index in [4.69, 9.17) is 5.41 Å². The quantitative estimate of drug-likeness (QED) is 0.0888. The molecule has 1 saturated carbocycles. The zero-order valence-electron chi connectivity index (χ0n) is 26.8. The maximum Gasteiger partial charge on any atom is 0.471 e. The lowest BCUT2D eigenvalue weighted by atomic mass is 9.76. The van der Waals surface area contributed by atoms with Crippen LogP contribution in [0.2, 0.25) is 0 Å². The summed E-state index contributed by atoms with van der Waals surface area (Å²) in [6.45, 7) is -0.606. The van der Waals surface area contributed by atoms with Gasteiger partial charge in [0.25, 0.3) is 0 Å². The summed E-state index contributed by atoms with van der Waals surface area (Å²) < 4.78 is 58.3. The SMILES string of the molecule is N=Cc1cc(F)c(N(Cc2ccc(C3CCCCC3)cn2)C(=O)C(F)(F)F)cc1NC(c1ccccc1)(c1ccccc1)c1ccccc1. The molecule has 0 radical (unpaired) electrons. The Balaban J connectivity index is 1.48. The van der Waals surface area contributed by atoms with Gasteiger partial charge in [-0.1, -0.05) is 116 Å². The Morgan fingerprint density at radius 2 is 1.37 bits per heavy atom. The lowest BCUT2D eigenvalue weighted by Crippen LogP contribution is -2.42. The number of halogens is 4. The van der Waals surface area contributed by atoms with Gasteiger partial charge >= 0.3 is 12.1 Å². The van der Waals surface area contributed by atoms with Crippen LogP contribution >= 0.6 is 0 Å². The van der Waals surface area contributed by atoms with Crippen LogP contribution in [-0.4, -0.2) is 23.3 Å². The fourth-order valence-corrected chi connectivity index (χ4v) is 6.78. The van der Waals surface area contributed by atoms with Crippen LogP contribution in [0.5, 0.6) is 0 Å². The summed E-state index contributed by atoms with van der Waals surface area (Å²) in [4.78, 5) is 17.8. The number of nitrogens with one attached hydrogen (secondary N) is 2. The number of rotatable bonds is 10. The molecular weight excluding hydrogens is 628 g/mol. The van der Waals surface area contributed by atoms with Crippen LogP contribution in [-0.2, 0) is 16.9 Å².